The van der Waals surface area contributed by atoms with Crippen molar-refractivity contribution in [3.63, 3.8) is 0 Å². The average molecular weight is 279 g/mol. The Balaban J connectivity index is 2.29. The number of halogens is 1. The molecule has 19 heavy (non-hydrogen) atoms. The largest absolute Gasteiger partial charge is 0.313 e. The van der Waals surface area contributed by atoms with Gasteiger partial charge in [0.2, 0.25) is 0 Å². The van der Waals surface area contributed by atoms with E-state index in [-0.39, 0.29) is 6.04 Å². The van der Waals surface area contributed by atoms with Crippen molar-refractivity contribution in [2.24, 2.45) is 7.05 Å². The van der Waals surface area contributed by atoms with E-state index in [0.29, 0.717) is 5.15 Å². The van der Waals surface area contributed by atoms with Gasteiger partial charge in [0.05, 0.1) is 5.69 Å². The summed E-state index contributed by atoms with van der Waals surface area (Å²) >= 11 is 6.29. The van der Waals surface area contributed by atoms with Crippen LogP contribution in [0.5, 0.6) is 0 Å². The number of hydrogen-bond acceptors (Lipinski definition) is 3. The summed E-state index contributed by atoms with van der Waals surface area (Å²) in [7, 11) is 3.81. The van der Waals surface area contributed by atoms with Gasteiger partial charge < -0.3 is 5.32 Å². The Morgan fingerprint density at radius 1 is 1.37 bits per heavy atom. The summed E-state index contributed by atoms with van der Waals surface area (Å²) in [6.07, 6.45) is 4.56. The smallest absolute Gasteiger partial charge is 0.130 e. The highest BCUT2D eigenvalue weighted by Crippen LogP contribution is 2.25. The molecule has 2 heterocycles. The second-order valence-corrected chi connectivity index (χ2v) is 5.18. The van der Waals surface area contributed by atoms with Crippen LogP contribution in [0.3, 0.4) is 0 Å². The molecular weight excluding hydrogens is 260 g/mol. The highest BCUT2D eigenvalue weighted by Gasteiger charge is 2.17. The first-order valence-electron chi connectivity index (χ1n) is 6.29. The fraction of sp³-hybridized carbons (Fsp3) is 0.429. The van der Waals surface area contributed by atoms with Gasteiger partial charge in [-0.25, -0.2) is 0 Å². The van der Waals surface area contributed by atoms with Crippen molar-refractivity contribution in [2.75, 3.05) is 7.05 Å². The van der Waals surface area contributed by atoms with Crippen LogP contribution >= 0.6 is 11.6 Å². The van der Waals surface area contributed by atoms with E-state index in [9.17, 15) is 0 Å². The summed E-state index contributed by atoms with van der Waals surface area (Å²) in [5.41, 5.74) is 4.40. The van der Waals surface area contributed by atoms with E-state index in [0.717, 1.165) is 23.2 Å². The molecule has 0 aliphatic heterocycles. The van der Waals surface area contributed by atoms with Crippen LogP contribution in [0.25, 0.3) is 0 Å². The minimum absolute atomic E-state index is 0.188. The Labute approximate surface area is 118 Å². The monoisotopic (exact) mass is 278 g/mol. The third kappa shape index (κ3) is 2.96. The Morgan fingerprint density at radius 3 is 2.63 bits per heavy atom. The van der Waals surface area contributed by atoms with Crippen molar-refractivity contribution in [1.29, 1.82) is 0 Å². The maximum atomic E-state index is 6.29. The molecule has 0 radical (unpaired) electrons. The predicted molar refractivity (Wildman–Crippen MR) is 77.4 cm³/mol. The molecule has 0 aromatic carbocycles. The van der Waals surface area contributed by atoms with Crippen LogP contribution in [0, 0.1) is 13.8 Å². The number of nitrogens with one attached hydrogen (secondary N) is 1. The van der Waals surface area contributed by atoms with Crippen LogP contribution in [-0.2, 0) is 13.5 Å². The molecule has 4 nitrogen and oxygen atoms in total. The van der Waals surface area contributed by atoms with Crippen molar-refractivity contribution < 1.29 is 0 Å². The van der Waals surface area contributed by atoms with Crippen molar-refractivity contribution >= 4 is 11.6 Å². The van der Waals surface area contributed by atoms with Gasteiger partial charge in [0.15, 0.2) is 0 Å². The Kier molecular flexibility index (Phi) is 4.22. The first-order valence-corrected chi connectivity index (χ1v) is 6.67. The van der Waals surface area contributed by atoms with Gasteiger partial charge in [-0.3, -0.25) is 9.67 Å². The predicted octanol–water partition coefficient (Wildman–Crippen LogP) is 2.59. The van der Waals surface area contributed by atoms with Crippen LogP contribution < -0.4 is 5.32 Å². The van der Waals surface area contributed by atoms with Crippen LogP contribution in [-0.4, -0.2) is 21.8 Å². The standard InChI is InChI=1S/C14H19ClN4/c1-9-5-11(8-17-7-9)13(16-3)6-12-10(2)18-19(4)14(12)15/h5,7-8,13,16H,6H2,1-4H3. The zero-order valence-electron chi connectivity index (χ0n) is 11.7. The van der Waals surface area contributed by atoms with Crippen molar-refractivity contribution in [1.82, 2.24) is 20.1 Å². The highest BCUT2D eigenvalue weighted by atomic mass is 35.5. The van der Waals surface area contributed by atoms with Crippen LogP contribution in [0.15, 0.2) is 18.5 Å². The van der Waals surface area contributed by atoms with Gasteiger partial charge in [-0.05, 0) is 38.4 Å². The Bertz CT molecular complexity index is 577. The van der Waals surface area contributed by atoms with Crippen molar-refractivity contribution in [2.45, 2.75) is 26.3 Å². The molecule has 0 amide bonds. The van der Waals surface area contributed by atoms with Crippen molar-refractivity contribution in [3.05, 3.63) is 46.0 Å². The SMILES string of the molecule is CNC(Cc1c(C)nn(C)c1Cl)c1cncc(C)c1. The van der Waals surface area contributed by atoms with Gasteiger partial charge in [0.25, 0.3) is 0 Å². The van der Waals surface area contributed by atoms with E-state index < -0.39 is 0 Å². The van der Waals surface area contributed by atoms with Crippen LogP contribution in [0.1, 0.15) is 28.4 Å². The third-order valence-electron chi connectivity index (χ3n) is 3.33. The van der Waals surface area contributed by atoms with Crippen LogP contribution in [0.4, 0.5) is 0 Å². The number of likely N-dealkylation sites (N-methyl/N-ethyl adjacent to an activating group) is 1. The van der Waals surface area contributed by atoms with E-state index in [4.69, 9.17) is 11.6 Å². The maximum absolute atomic E-state index is 6.29. The number of hydrogen-bond donors (Lipinski definition) is 1. The van der Waals surface area contributed by atoms with E-state index in [2.05, 4.69) is 21.5 Å². The number of rotatable bonds is 4. The number of nitrogens with zero attached hydrogens (tertiary/aromatic N) is 3. The first-order chi connectivity index (χ1) is 9.02. The number of aryl methyl sites for hydroxylation is 3. The fourth-order valence-corrected chi connectivity index (χ4v) is 2.52. The summed E-state index contributed by atoms with van der Waals surface area (Å²) in [6.45, 7) is 4.04. The van der Waals surface area contributed by atoms with Gasteiger partial charge in [-0.2, -0.15) is 5.10 Å². The molecule has 0 fully saturated rings. The highest BCUT2D eigenvalue weighted by molar-refractivity contribution is 6.30. The molecule has 0 saturated carbocycles. The molecule has 0 aliphatic rings. The number of pyridine rings is 1. The average Bonchev–Trinajstić information content (AvgIpc) is 2.61. The molecule has 2 aromatic heterocycles. The number of aromatic nitrogens is 3. The zero-order chi connectivity index (χ0) is 14.0. The molecule has 2 aromatic rings. The summed E-state index contributed by atoms with van der Waals surface area (Å²) in [5.74, 6) is 0. The van der Waals surface area contributed by atoms with Gasteiger partial charge in [-0.15, -0.1) is 0 Å². The van der Waals surface area contributed by atoms with Gasteiger partial charge in [0, 0.05) is 31.0 Å². The van der Waals surface area contributed by atoms with E-state index in [1.54, 1.807) is 4.68 Å². The van der Waals surface area contributed by atoms with Gasteiger partial charge >= 0.3 is 0 Å². The van der Waals surface area contributed by atoms with E-state index in [1.165, 1.54) is 5.56 Å². The Morgan fingerprint density at radius 2 is 2.11 bits per heavy atom. The molecular formula is C14H19ClN4. The lowest BCUT2D eigenvalue weighted by atomic mass is 10.00. The molecule has 5 heteroatoms. The normalized spacial score (nSPS) is 12.7. The summed E-state index contributed by atoms with van der Waals surface area (Å²) in [5, 5.41) is 8.38. The lowest BCUT2D eigenvalue weighted by Gasteiger charge is -2.16. The van der Waals surface area contributed by atoms with E-state index >= 15 is 0 Å². The molecule has 2 rings (SSSR count). The molecule has 0 spiro atoms. The zero-order valence-corrected chi connectivity index (χ0v) is 12.5. The summed E-state index contributed by atoms with van der Waals surface area (Å²) in [6, 6.07) is 2.33. The lowest BCUT2D eigenvalue weighted by Crippen LogP contribution is -2.19. The van der Waals surface area contributed by atoms with Crippen LogP contribution in [0.2, 0.25) is 5.15 Å². The molecule has 0 aliphatic carbocycles. The first kappa shape index (κ1) is 14.0. The molecule has 0 bridgehead atoms. The summed E-state index contributed by atoms with van der Waals surface area (Å²) in [4.78, 5) is 4.25. The molecule has 1 atom stereocenters. The van der Waals surface area contributed by atoms with E-state index in [1.807, 2.05) is 40.3 Å². The minimum atomic E-state index is 0.188. The minimum Gasteiger partial charge on any atom is -0.313 e. The topological polar surface area (TPSA) is 42.7 Å². The second kappa shape index (κ2) is 5.72. The van der Waals surface area contributed by atoms with Gasteiger partial charge in [0.1, 0.15) is 5.15 Å². The third-order valence-corrected chi connectivity index (χ3v) is 3.80. The molecule has 1 N–H and O–H groups in total. The van der Waals surface area contributed by atoms with Gasteiger partial charge in [-0.1, -0.05) is 17.7 Å². The maximum Gasteiger partial charge on any atom is 0.130 e. The Hall–Kier alpha value is -1.39. The molecule has 0 saturated heterocycles. The molecule has 102 valence electrons. The quantitative estimate of drug-likeness (QED) is 0.935. The fourth-order valence-electron chi connectivity index (χ4n) is 2.27. The second-order valence-electron chi connectivity index (χ2n) is 4.82. The lowest BCUT2D eigenvalue weighted by molar-refractivity contribution is 0.588. The molecule has 1 unspecified atom stereocenters. The van der Waals surface area contributed by atoms with Crippen molar-refractivity contribution in [3.8, 4) is 0 Å². The summed E-state index contributed by atoms with van der Waals surface area (Å²) < 4.78 is 1.72.